The number of ether oxygens (including phenoxy) is 3. The fourth-order valence-electron chi connectivity index (χ4n) is 5.29. The van der Waals surface area contributed by atoms with Crippen LogP contribution in [0.3, 0.4) is 0 Å². The Labute approximate surface area is 263 Å². The van der Waals surface area contributed by atoms with Crippen molar-refractivity contribution in [3.05, 3.63) is 0 Å². The van der Waals surface area contributed by atoms with E-state index in [4.69, 9.17) is 19.9 Å². The second-order valence-corrected chi connectivity index (χ2v) is 12.1. The standard InChI is InChI=1S/C29H53N3O13/c1-4-5-6-7-8-9-10-15(30)27(42)31-16(20(36)14(2)3)11-19(35)32-28-24(40)23(39)26(18(13-34)43-28)45-29-25(41)22(38)21(37)17(12-33)44-29/h14-18,21-26,28-29,33-34,37-41H,4-13,30H2,1-3H3,(H,31,42)(H,32,35)/t15?,16?,17?,18?,21-,22-,23+,24?,25?,26+,28+,29-/m0/s1. The van der Waals surface area contributed by atoms with Gasteiger partial charge in [0.2, 0.25) is 11.8 Å². The normalized spacial score (nSPS) is 33.4. The maximum Gasteiger partial charge on any atom is 0.237 e. The topological polar surface area (TPSA) is 271 Å². The maximum absolute atomic E-state index is 13.0. The largest absolute Gasteiger partial charge is 0.394 e. The quantitative estimate of drug-likeness (QED) is 0.0658. The second kappa shape index (κ2) is 19.1. The predicted octanol–water partition coefficient (Wildman–Crippen LogP) is -3.10. The van der Waals surface area contributed by atoms with Crippen LogP contribution in [0.4, 0.5) is 0 Å². The summed E-state index contributed by atoms with van der Waals surface area (Å²) in [6.45, 7) is 3.82. The molecule has 0 radical (unpaired) electrons. The summed E-state index contributed by atoms with van der Waals surface area (Å²) in [5.74, 6) is -2.35. The van der Waals surface area contributed by atoms with E-state index >= 15 is 0 Å². The minimum atomic E-state index is -1.84. The molecule has 0 bridgehead atoms. The van der Waals surface area contributed by atoms with E-state index in [0.29, 0.717) is 6.42 Å². The first-order valence-corrected chi connectivity index (χ1v) is 15.7. The molecule has 12 atom stereocenters. The Kier molecular flexibility index (Phi) is 16.7. The molecule has 0 aromatic heterocycles. The Hall–Kier alpha value is -1.83. The lowest BCUT2D eigenvalue weighted by Gasteiger charge is -2.46. The van der Waals surface area contributed by atoms with Crippen LogP contribution in [-0.4, -0.2) is 140 Å². The lowest BCUT2D eigenvalue weighted by molar-refractivity contribution is -0.343. The SMILES string of the molecule is CCCCCCCCC(N)C(=O)NC(CC(=O)N[C@@H]1OC(CO)[C@@H](O[C@@H]2OC(CO)[C@H](O)[C@H](O)C2O)[C@H](O)C1O)C(=O)C(C)C. The predicted molar refractivity (Wildman–Crippen MR) is 157 cm³/mol. The van der Waals surface area contributed by atoms with Gasteiger partial charge in [-0.2, -0.15) is 0 Å². The highest BCUT2D eigenvalue weighted by molar-refractivity contribution is 5.95. The summed E-state index contributed by atoms with van der Waals surface area (Å²) in [6, 6.07) is -2.10. The van der Waals surface area contributed by atoms with Gasteiger partial charge in [0.25, 0.3) is 0 Å². The lowest BCUT2D eigenvalue weighted by atomic mass is 9.96. The summed E-state index contributed by atoms with van der Waals surface area (Å²) >= 11 is 0. The number of ketones is 1. The average molecular weight is 652 g/mol. The van der Waals surface area contributed by atoms with Crippen molar-refractivity contribution in [2.45, 2.75) is 146 Å². The Morgan fingerprint density at radius 2 is 1.44 bits per heavy atom. The number of amides is 2. The van der Waals surface area contributed by atoms with Crippen molar-refractivity contribution in [2.75, 3.05) is 13.2 Å². The molecule has 11 N–H and O–H groups in total. The average Bonchev–Trinajstić information content (AvgIpc) is 3.01. The van der Waals surface area contributed by atoms with Gasteiger partial charge in [-0.05, 0) is 6.42 Å². The molecule has 262 valence electrons. The van der Waals surface area contributed by atoms with Crippen molar-refractivity contribution in [1.82, 2.24) is 10.6 Å². The van der Waals surface area contributed by atoms with Gasteiger partial charge in [-0.3, -0.25) is 14.4 Å². The Morgan fingerprint density at radius 3 is 2.04 bits per heavy atom. The first-order chi connectivity index (χ1) is 21.3. The molecule has 45 heavy (non-hydrogen) atoms. The molecule has 6 unspecified atom stereocenters. The number of carbonyl (C=O) groups excluding carboxylic acids is 3. The number of nitrogens with two attached hydrogens (primary N) is 1. The Balaban J connectivity index is 2.01. The monoisotopic (exact) mass is 651 g/mol. The number of unbranched alkanes of at least 4 members (excludes halogenated alkanes) is 5. The van der Waals surface area contributed by atoms with Gasteiger partial charge >= 0.3 is 0 Å². The summed E-state index contributed by atoms with van der Waals surface area (Å²) in [5, 5.41) is 76.0. The molecular formula is C29H53N3O13. The second-order valence-electron chi connectivity index (χ2n) is 12.1. The van der Waals surface area contributed by atoms with Crippen LogP contribution in [-0.2, 0) is 28.6 Å². The number of rotatable bonds is 18. The smallest absolute Gasteiger partial charge is 0.237 e. The molecule has 2 rings (SSSR count). The van der Waals surface area contributed by atoms with Crippen LogP contribution >= 0.6 is 0 Å². The van der Waals surface area contributed by atoms with Gasteiger partial charge in [0.1, 0.15) is 48.8 Å². The third-order valence-electron chi connectivity index (χ3n) is 8.13. The van der Waals surface area contributed by atoms with Gasteiger partial charge in [-0.1, -0.05) is 59.3 Å². The third kappa shape index (κ3) is 11.1. The molecule has 0 spiro atoms. The molecule has 2 fully saturated rings. The number of aliphatic hydroxyl groups is 7. The molecule has 16 nitrogen and oxygen atoms in total. The number of aliphatic hydroxyl groups excluding tert-OH is 7. The molecule has 2 heterocycles. The van der Waals surface area contributed by atoms with Gasteiger partial charge in [-0.15, -0.1) is 0 Å². The molecule has 0 saturated carbocycles. The van der Waals surface area contributed by atoms with Crippen molar-refractivity contribution >= 4 is 17.6 Å². The third-order valence-corrected chi connectivity index (χ3v) is 8.13. The molecule has 0 aromatic carbocycles. The van der Waals surface area contributed by atoms with Crippen LogP contribution in [0.5, 0.6) is 0 Å². The van der Waals surface area contributed by atoms with Crippen molar-refractivity contribution < 1.29 is 64.3 Å². The van der Waals surface area contributed by atoms with Gasteiger partial charge in [0, 0.05) is 5.92 Å². The first kappa shape index (κ1) is 39.3. The van der Waals surface area contributed by atoms with Crippen LogP contribution in [0.1, 0.15) is 72.1 Å². The highest BCUT2D eigenvalue weighted by atomic mass is 16.7. The minimum absolute atomic E-state index is 0.418. The highest BCUT2D eigenvalue weighted by Crippen LogP contribution is 2.28. The molecule has 0 aromatic rings. The van der Waals surface area contributed by atoms with Gasteiger partial charge in [-0.25, -0.2) is 0 Å². The first-order valence-electron chi connectivity index (χ1n) is 15.7. The number of carbonyl (C=O) groups is 3. The number of Topliss-reactive ketones (excluding diaryl/α,β-unsaturated/α-hetero) is 1. The van der Waals surface area contributed by atoms with Crippen LogP contribution in [0, 0.1) is 5.92 Å². The van der Waals surface area contributed by atoms with Crippen molar-refractivity contribution in [3.8, 4) is 0 Å². The zero-order valence-electron chi connectivity index (χ0n) is 26.2. The van der Waals surface area contributed by atoms with E-state index < -0.39 is 117 Å². The van der Waals surface area contributed by atoms with E-state index in [1.165, 1.54) is 0 Å². The minimum Gasteiger partial charge on any atom is -0.394 e. The number of hydrogen-bond acceptors (Lipinski definition) is 14. The van der Waals surface area contributed by atoms with Crippen molar-refractivity contribution in [3.63, 3.8) is 0 Å². The van der Waals surface area contributed by atoms with Gasteiger partial charge < -0.3 is 66.3 Å². The molecule has 2 amide bonds. The van der Waals surface area contributed by atoms with E-state index in [-0.39, 0.29) is 0 Å². The van der Waals surface area contributed by atoms with Gasteiger partial charge in [0.15, 0.2) is 18.3 Å². The fourth-order valence-corrected chi connectivity index (χ4v) is 5.29. The van der Waals surface area contributed by atoms with Crippen LogP contribution < -0.4 is 16.4 Å². The summed E-state index contributed by atoms with van der Waals surface area (Å²) < 4.78 is 16.3. The lowest BCUT2D eigenvalue weighted by Crippen LogP contribution is -2.66. The van der Waals surface area contributed by atoms with Gasteiger partial charge in [0.05, 0.1) is 31.7 Å². The summed E-state index contributed by atoms with van der Waals surface area (Å²) in [7, 11) is 0. The van der Waals surface area contributed by atoms with E-state index in [9.17, 15) is 50.1 Å². The fraction of sp³-hybridized carbons (Fsp3) is 0.897. The Morgan fingerprint density at radius 1 is 0.822 bits per heavy atom. The summed E-state index contributed by atoms with van der Waals surface area (Å²) in [6.07, 6.45) is -10.5. The van der Waals surface area contributed by atoms with E-state index in [1.807, 2.05) is 0 Å². The van der Waals surface area contributed by atoms with E-state index in [1.54, 1.807) is 13.8 Å². The van der Waals surface area contributed by atoms with Crippen LogP contribution in [0.2, 0.25) is 0 Å². The molecule has 16 heteroatoms. The molecule has 0 aliphatic carbocycles. The highest BCUT2D eigenvalue weighted by Gasteiger charge is 2.50. The van der Waals surface area contributed by atoms with Crippen LogP contribution in [0.15, 0.2) is 0 Å². The summed E-state index contributed by atoms with van der Waals surface area (Å²) in [5.41, 5.74) is 6.04. The zero-order chi connectivity index (χ0) is 33.8. The molecule has 2 aliphatic rings. The molecular weight excluding hydrogens is 598 g/mol. The zero-order valence-corrected chi connectivity index (χ0v) is 26.2. The molecule has 2 saturated heterocycles. The number of hydrogen-bond donors (Lipinski definition) is 10. The van der Waals surface area contributed by atoms with E-state index in [0.717, 1.165) is 38.5 Å². The molecule has 2 aliphatic heterocycles. The van der Waals surface area contributed by atoms with Crippen LogP contribution in [0.25, 0.3) is 0 Å². The summed E-state index contributed by atoms with van der Waals surface area (Å²) in [4.78, 5) is 38.6. The van der Waals surface area contributed by atoms with Crippen molar-refractivity contribution in [2.24, 2.45) is 11.7 Å². The number of nitrogens with one attached hydrogen (secondary N) is 2. The Bertz CT molecular complexity index is 924. The van der Waals surface area contributed by atoms with Crippen molar-refractivity contribution in [1.29, 1.82) is 0 Å². The van der Waals surface area contributed by atoms with E-state index in [2.05, 4.69) is 17.6 Å². The maximum atomic E-state index is 13.0.